The van der Waals surface area contributed by atoms with Gasteiger partial charge in [-0.25, -0.2) is 0 Å². The van der Waals surface area contributed by atoms with E-state index in [-0.39, 0.29) is 24.2 Å². The van der Waals surface area contributed by atoms with Gasteiger partial charge in [-0.2, -0.15) is 0 Å². The second-order valence-electron chi connectivity index (χ2n) is 6.32. The van der Waals surface area contributed by atoms with Crippen molar-refractivity contribution < 1.29 is 18.7 Å². The first-order valence-corrected chi connectivity index (χ1v) is 8.42. The van der Waals surface area contributed by atoms with Crippen molar-refractivity contribution in [2.24, 2.45) is 5.92 Å². The zero-order valence-electron chi connectivity index (χ0n) is 14.2. The van der Waals surface area contributed by atoms with Crippen LogP contribution >= 0.6 is 0 Å². The van der Waals surface area contributed by atoms with Gasteiger partial charge in [0.2, 0.25) is 5.91 Å². The van der Waals surface area contributed by atoms with Gasteiger partial charge in [0.1, 0.15) is 17.9 Å². The number of furan rings is 1. The molecule has 26 heavy (non-hydrogen) atoms. The molecule has 2 amide bonds. The zero-order valence-corrected chi connectivity index (χ0v) is 14.2. The van der Waals surface area contributed by atoms with Crippen molar-refractivity contribution in [3.05, 3.63) is 65.4 Å². The van der Waals surface area contributed by atoms with E-state index in [1.807, 2.05) is 49.4 Å². The number of fused-ring (bicyclic) bond motifs is 2. The second kappa shape index (κ2) is 6.55. The number of carbonyl (C=O) groups excluding carboxylic acids is 2. The van der Waals surface area contributed by atoms with Gasteiger partial charge in [0.05, 0.1) is 5.92 Å². The van der Waals surface area contributed by atoms with E-state index in [1.165, 1.54) is 0 Å². The first-order chi connectivity index (χ1) is 12.6. The Hall–Kier alpha value is -3.28. The maximum absolute atomic E-state index is 12.4. The number of aryl methyl sites for hydroxylation is 1. The van der Waals surface area contributed by atoms with Crippen molar-refractivity contribution in [1.29, 1.82) is 0 Å². The fourth-order valence-electron chi connectivity index (χ4n) is 3.16. The highest BCUT2D eigenvalue weighted by molar-refractivity contribution is 5.99. The predicted molar refractivity (Wildman–Crippen MR) is 95.7 cm³/mol. The molecule has 1 unspecified atom stereocenters. The van der Waals surface area contributed by atoms with Gasteiger partial charge < -0.3 is 9.15 Å². The molecule has 2 heterocycles. The number of para-hydroxylation sites is 2. The Morgan fingerprint density at radius 1 is 1.04 bits per heavy atom. The molecule has 2 N–H and O–H groups in total. The normalized spacial score (nSPS) is 15.8. The lowest BCUT2D eigenvalue weighted by atomic mass is 9.96. The number of nitrogens with one attached hydrogen (secondary N) is 2. The lowest BCUT2D eigenvalue weighted by Gasteiger charge is -2.24. The number of hydrazine groups is 1. The average molecular weight is 350 g/mol. The number of hydrogen-bond donors (Lipinski definition) is 2. The van der Waals surface area contributed by atoms with Gasteiger partial charge in [0.15, 0.2) is 5.76 Å². The maximum Gasteiger partial charge on any atom is 0.305 e. The molecule has 1 aromatic heterocycles. The monoisotopic (exact) mass is 350 g/mol. The van der Waals surface area contributed by atoms with Crippen LogP contribution in [0, 0.1) is 12.8 Å². The van der Waals surface area contributed by atoms with Gasteiger partial charge in [0.25, 0.3) is 0 Å². The highest BCUT2D eigenvalue weighted by atomic mass is 16.5. The number of hydrogen-bond acceptors (Lipinski definition) is 4. The summed E-state index contributed by atoms with van der Waals surface area (Å²) in [6.45, 7) is 2.09. The zero-order chi connectivity index (χ0) is 18.1. The molecule has 3 aromatic rings. The van der Waals surface area contributed by atoms with Gasteiger partial charge in [-0.3, -0.25) is 20.4 Å². The topological polar surface area (TPSA) is 80.6 Å². The summed E-state index contributed by atoms with van der Waals surface area (Å²) in [4.78, 5) is 24.7. The quantitative estimate of drug-likeness (QED) is 0.697. The molecule has 6 heteroatoms. The van der Waals surface area contributed by atoms with E-state index in [0.29, 0.717) is 12.0 Å². The Labute approximate surface area is 150 Å². The van der Waals surface area contributed by atoms with Gasteiger partial charge in [-0.05, 0) is 31.0 Å². The van der Waals surface area contributed by atoms with Gasteiger partial charge >= 0.3 is 5.91 Å². The summed E-state index contributed by atoms with van der Waals surface area (Å²) in [5.74, 6) is -0.136. The molecule has 4 rings (SSSR count). The number of rotatable bonds is 2. The predicted octanol–water partition coefficient (Wildman–Crippen LogP) is 2.75. The highest BCUT2D eigenvalue weighted by Gasteiger charge is 2.26. The summed E-state index contributed by atoms with van der Waals surface area (Å²) in [5, 5.41) is 0.876. The molecule has 0 saturated heterocycles. The standard InChI is InChI=1S/C20H18N2O4/c1-12-15-7-3-5-9-17(15)26-18(12)20(24)22-21-19(23)14-10-13-6-2-4-8-16(13)25-11-14/h2-9,14H,10-11H2,1H3,(H,21,23)(H,22,24). The van der Waals surface area contributed by atoms with Crippen molar-refractivity contribution in [3.8, 4) is 5.75 Å². The summed E-state index contributed by atoms with van der Waals surface area (Å²) in [7, 11) is 0. The van der Waals surface area contributed by atoms with Crippen molar-refractivity contribution in [2.45, 2.75) is 13.3 Å². The lowest BCUT2D eigenvalue weighted by molar-refractivity contribution is -0.127. The summed E-state index contributed by atoms with van der Waals surface area (Å²) in [6, 6.07) is 15.0. The smallest absolute Gasteiger partial charge is 0.305 e. The number of ether oxygens (including phenoxy) is 1. The van der Waals surface area contributed by atoms with Crippen LogP contribution in [-0.2, 0) is 11.2 Å². The van der Waals surface area contributed by atoms with Crippen LogP contribution in [-0.4, -0.2) is 18.4 Å². The van der Waals surface area contributed by atoms with Crippen LogP contribution in [0.15, 0.2) is 52.9 Å². The third-order valence-electron chi connectivity index (χ3n) is 4.60. The molecule has 0 radical (unpaired) electrons. The van der Waals surface area contributed by atoms with Crippen molar-refractivity contribution in [2.75, 3.05) is 6.61 Å². The van der Waals surface area contributed by atoms with Crippen LogP contribution in [0.25, 0.3) is 11.0 Å². The fourth-order valence-corrected chi connectivity index (χ4v) is 3.16. The minimum atomic E-state index is -0.482. The Morgan fingerprint density at radius 3 is 2.65 bits per heavy atom. The van der Waals surface area contributed by atoms with Crippen molar-refractivity contribution >= 4 is 22.8 Å². The van der Waals surface area contributed by atoms with E-state index in [4.69, 9.17) is 9.15 Å². The summed E-state index contributed by atoms with van der Waals surface area (Å²) in [6.07, 6.45) is 0.571. The molecule has 0 spiro atoms. The first-order valence-electron chi connectivity index (χ1n) is 8.42. The van der Waals surface area contributed by atoms with Crippen molar-refractivity contribution in [3.63, 3.8) is 0 Å². The second-order valence-corrected chi connectivity index (χ2v) is 6.32. The first kappa shape index (κ1) is 16.2. The number of amides is 2. The van der Waals surface area contributed by atoms with Crippen LogP contribution in [0.1, 0.15) is 21.7 Å². The molecular weight excluding hydrogens is 332 g/mol. The van der Waals surface area contributed by atoms with E-state index < -0.39 is 5.91 Å². The Bertz CT molecular complexity index is 992. The van der Waals surface area contributed by atoms with Crippen LogP contribution in [0.3, 0.4) is 0 Å². The van der Waals surface area contributed by atoms with E-state index in [0.717, 1.165) is 22.3 Å². The minimum Gasteiger partial charge on any atom is -0.492 e. The Kier molecular flexibility index (Phi) is 4.08. The highest BCUT2D eigenvalue weighted by Crippen LogP contribution is 2.27. The largest absolute Gasteiger partial charge is 0.492 e. The van der Waals surface area contributed by atoms with E-state index in [9.17, 15) is 9.59 Å². The third-order valence-corrected chi connectivity index (χ3v) is 4.60. The summed E-state index contributed by atoms with van der Waals surface area (Å²) >= 11 is 0. The molecule has 2 aromatic carbocycles. The maximum atomic E-state index is 12.4. The van der Waals surface area contributed by atoms with E-state index >= 15 is 0 Å². The molecule has 0 saturated carbocycles. The van der Waals surface area contributed by atoms with Crippen molar-refractivity contribution in [1.82, 2.24) is 10.9 Å². The number of carbonyl (C=O) groups is 2. The summed E-state index contributed by atoms with van der Waals surface area (Å²) < 4.78 is 11.2. The molecule has 1 aliphatic rings. The molecule has 6 nitrogen and oxygen atoms in total. The van der Waals surface area contributed by atoms with E-state index in [2.05, 4.69) is 10.9 Å². The third kappa shape index (κ3) is 2.90. The Morgan fingerprint density at radius 2 is 1.81 bits per heavy atom. The van der Waals surface area contributed by atoms with Crippen LogP contribution in [0.2, 0.25) is 0 Å². The van der Waals surface area contributed by atoms with Gasteiger partial charge in [0, 0.05) is 10.9 Å². The van der Waals surface area contributed by atoms with Gasteiger partial charge in [-0.1, -0.05) is 36.4 Å². The fraction of sp³-hybridized carbons (Fsp3) is 0.200. The SMILES string of the molecule is Cc1c(C(=O)NNC(=O)C2COc3ccccc3C2)oc2ccccc12. The molecule has 1 aliphatic heterocycles. The minimum absolute atomic E-state index is 0.191. The lowest BCUT2D eigenvalue weighted by Crippen LogP contribution is -2.47. The van der Waals surface area contributed by atoms with E-state index in [1.54, 1.807) is 6.07 Å². The van der Waals surface area contributed by atoms with Crippen LogP contribution < -0.4 is 15.6 Å². The average Bonchev–Trinajstić information content (AvgIpc) is 3.02. The molecular formula is C20H18N2O4. The van der Waals surface area contributed by atoms with Crippen LogP contribution in [0.5, 0.6) is 5.75 Å². The molecule has 132 valence electrons. The molecule has 0 aliphatic carbocycles. The number of benzene rings is 2. The molecule has 1 atom stereocenters. The molecule has 0 fully saturated rings. The summed E-state index contributed by atoms with van der Waals surface area (Å²) in [5.41, 5.74) is 7.27. The molecule has 0 bridgehead atoms. The van der Waals surface area contributed by atoms with Gasteiger partial charge in [-0.15, -0.1) is 0 Å². The van der Waals surface area contributed by atoms with Crippen LogP contribution in [0.4, 0.5) is 0 Å². The Balaban J connectivity index is 1.41.